The SMILES string of the molecule is COc1ccc(OC)c(NC(=O)CSC2=NC3NNCC3C(=O)N2c2ccc(F)c(F)c2)c1. The van der Waals surface area contributed by atoms with Crippen LogP contribution in [-0.2, 0) is 9.59 Å². The molecule has 33 heavy (non-hydrogen) atoms. The van der Waals surface area contributed by atoms with Gasteiger partial charge in [0.1, 0.15) is 17.7 Å². The minimum Gasteiger partial charge on any atom is -0.497 e. The van der Waals surface area contributed by atoms with Gasteiger partial charge in [-0.15, -0.1) is 0 Å². The normalized spacial score (nSPS) is 19.7. The molecule has 2 heterocycles. The second-order valence-electron chi connectivity index (χ2n) is 7.16. The van der Waals surface area contributed by atoms with Crippen molar-refractivity contribution in [3.8, 4) is 11.5 Å². The number of hydrogen-bond donors (Lipinski definition) is 3. The quantitative estimate of drug-likeness (QED) is 0.586. The number of aliphatic imine (C=N–C) groups is 1. The predicted molar refractivity (Wildman–Crippen MR) is 120 cm³/mol. The molecule has 9 nitrogen and oxygen atoms in total. The number of benzene rings is 2. The van der Waals surface area contributed by atoms with E-state index < -0.39 is 23.7 Å². The highest BCUT2D eigenvalue weighted by Crippen LogP contribution is 2.31. The zero-order valence-corrected chi connectivity index (χ0v) is 18.5. The molecule has 2 aliphatic heterocycles. The fourth-order valence-corrected chi connectivity index (χ4v) is 4.30. The number of hydrazine groups is 1. The van der Waals surface area contributed by atoms with Crippen molar-refractivity contribution >= 4 is 40.1 Å². The van der Waals surface area contributed by atoms with Gasteiger partial charge < -0.3 is 14.8 Å². The molecule has 3 N–H and O–H groups in total. The summed E-state index contributed by atoms with van der Waals surface area (Å²) < 4.78 is 37.8. The minimum absolute atomic E-state index is 0.0997. The number of ether oxygens (including phenoxy) is 2. The summed E-state index contributed by atoms with van der Waals surface area (Å²) in [7, 11) is 2.99. The number of hydrogen-bond acceptors (Lipinski definition) is 8. The van der Waals surface area contributed by atoms with Crippen LogP contribution >= 0.6 is 11.8 Å². The molecule has 2 amide bonds. The third-order valence-electron chi connectivity index (χ3n) is 5.11. The Morgan fingerprint density at radius 3 is 2.76 bits per heavy atom. The van der Waals surface area contributed by atoms with Crippen molar-refractivity contribution in [3.05, 3.63) is 48.0 Å². The lowest BCUT2D eigenvalue weighted by Gasteiger charge is -2.32. The molecule has 12 heteroatoms. The van der Waals surface area contributed by atoms with E-state index in [1.54, 1.807) is 18.2 Å². The highest BCUT2D eigenvalue weighted by atomic mass is 32.2. The van der Waals surface area contributed by atoms with E-state index in [2.05, 4.69) is 21.2 Å². The maximum Gasteiger partial charge on any atom is 0.241 e. The van der Waals surface area contributed by atoms with Gasteiger partial charge >= 0.3 is 0 Å². The van der Waals surface area contributed by atoms with Gasteiger partial charge in [-0.05, 0) is 24.3 Å². The van der Waals surface area contributed by atoms with Crippen LogP contribution < -0.4 is 30.5 Å². The number of amides is 2. The van der Waals surface area contributed by atoms with E-state index in [4.69, 9.17) is 9.47 Å². The molecule has 0 aromatic heterocycles. The molecule has 2 atom stereocenters. The summed E-state index contributed by atoms with van der Waals surface area (Å²) in [6.45, 7) is 0.335. The Hall–Kier alpha value is -3.22. The summed E-state index contributed by atoms with van der Waals surface area (Å²) in [6.07, 6.45) is -0.525. The zero-order chi connectivity index (χ0) is 23.5. The number of nitrogens with zero attached hydrogens (tertiary/aromatic N) is 2. The number of amidine groups is 1. The molecule has 174 valence electrons. The number of methoxy groups -OCH3 is 2. The number of halogens is 2. The fourth-order valence-electron chi connectivity index (χ4n) is 3.46. The van der Waals surface area contributed by atoms with Crippen LogP contribution in [0.1, 0.15) is 0 Å². The van der Waals surface area contributed by atoms with Crippen LogP contribution in [0, 0.1) is 17.6 Å². The number of rotatable bonds is 6. The number of fused-ring (bicyclic) bond motifs is 1. The summed E-state index contributed by atoms with van der Waals surface area (Å²) in [6, 6.07) is 8.15. The molecule has 2 aromatic rings. The lowest BCUT2D eigenvalue weighted by Crippen LogP contribution is -2.49. The van der Waals surface area contributed by atoms with Gasteiger partial charge in [0.2, 0.25) is 11.8 Å². The molecule has 0 saturated carbocycles. The van der Waals surface area contributed by atoms with E-state index in [0.29, 0.717) is 23.7 Å². The van der Waals surface area contributed by atoms with Gasteiger partial charge in [-0.1, -0.05) is 11.8 Å². The number of nitrogens with one attached hydrogen (secondary N) is 3. The topological polar surface area (TPSA) is 104 Å². The highest BCUT2D eigenvalue weighted by molar-refractivity contribution is 8.14. The largest absolute Gasteiger partial charge is 0.497 e. The Kier molecular flexibility index (Phi) is 6.77. The second kappa shape index (κ2) is 9.73. The van der Waals surface area contributed by atoms with Gasteiger partial charge in [0.15, 0.2) is 16.8 Å². The molecule has 4 rings (SSSR count). The van der Waals surface area contributed by atoms with E-state index >= 15 is 0 Å². The van der Waals surface area contributed by atoms with Gasteiger partial charge in [-0.2, -0.15) is 0 Å². The molecule has 0 spiro atoms. The second-order valence-corrected chi connectivity index (χ2v) is 8.11. The van der Waals surface area contributed by atoms with Crippen LogP contribution in [0.2, 0.25) is 0 Å². The fraction of sp³-hybridized carbons (Fsp3) is 0.286. The van der Waals surface area contributed by atoms with Crippen LogP contribution in [0.25, 0.3) is 0 Å². The maximum atomic E-state index is 13.9. The van der Waals surface area contributed by atoms with Gasteiger partial charge in [-0.3, -0.25) is 19.9 Å². The minimum atomic E-state index is -1.09. The summed E-state index contributed by atoms with van der Waals surface area (Å²) in [4.78, 5) is 31.5. The van der Waals surface area contributed by atoms with Crippen molar-refractivity contribution in [2.45, 2.75) is 6.17 Å². The Labute approximate surface area is 192 Å². The van der Waals surface area contributed by atoms with Crippen LogP contribution in [0.3, 0.4) is 0 Å². The molecule has 0 aliphatic carbocycles. The van der Waals surface area contributed by atoms with E-state index in [1.807, 2.05) is 0 Å². The van der Waals surface area contributed by atoms with E-state index in [0.717, 1.165) is 23.9 Å². The third kappa shape index (κ3) is 4.77. The summed E-state index contributed by atoms with van der Waals surface area (Å²) >= 11 is 1.00. The molecule has 2 unspecified atom stereocenters. The first-order valence-corrected chi connectivity index (χ1v) is 10.9. The first-order valence-electron chi connectivity index (χ1n) is 9.91. The average Bonchev–Trinajstić information content (AvgIpc) is 3.29. The molecule has 0 bridgehead atoms. The van der Waals surface area contributed by atoms with Crippen LogP contribution in [0.4, 0.5) is 20.2 Å². The van der Waals surface area contributed by atoms with Crippen LogP contribution in [0.15, 0.2) is 41.4 Å². The van der Waals surface area contributed by atoms with Gasteiger partial charge in [0.25, 0.3) is 0 Å². The molecular formula is C21H21F2N5O4S. The van der Waals surface area contributed by atoms with E-state index in [-0.39, 0.29) is 28.4 Å². The Morgan fingerprint density at radius 2 is 2.03 bits per heavy atom. The summed E-state index contributed by atoms with van der Waals surface area (Å²) in [5.41, 5.74) is 6.33. The lowest BCUT2D eigenvalue weighted by atomic mass is 10.0. The number of anilines is 2. The van der Waals surface area contributed by atoms with Crippen molar-refractivity contribution < 1.29 is 27.8 Å². The smallest absolute Gasteiger partial charge is 0.241 e. The summed E-state index contributed by atoms with van der Waals surface area (Å²) in [5, 5.41) is 2.93. The zero-order valence-electron chi connectivity index (χ0n) is 17.7. The summed E-state index contributed by atoms with van der Waals surface area (Å²) in [5.74, 6) is -2.46. The van der Waals surface area contributed by atoms with Crippen molar-refractivity contribution in [1.29, 1.82) is 0 Å². The first-order chi connectivity index (χ1) is 15.9. The van der Waals surface area contributed by atoms with E-state index in [9.17, 15) is 18.4 Å². The number of carbonyl (C=O) groups is 2. The Bertz CT molecular complexity index is 1120. The first kappa shape index (κ1) is 23.0. The van der Waals surface area contributed by atoms with Gasteiger partial charge in [0.05, 0.1) is 37.3 Å². The van der Waals surface area contributed by atoms with Crippen molar-refractivity contribution in [2.75, 3.05) is 36.7 Å². The molecule has 1 fully saturated rings. The number of thioether (sulfide) groups is 1. The third-order valence-corrected chi connectivity index (χ3v) is 6.06. The van der Waals surface area contributed by atoms with Gasteiger partial charge in [0, 0.05) is 18.7 Å². The molecular weight excluding hydrogens is 456 g/mol. The molecule has 2 aliphatic rings. The average molecular weight is 477 g/mol. The highest BCUT2D eigenvalue weighted by Gasteiger charge is 2.42. The number of carbonyl (C=O) groups excluding carboxylic acids is 2. The monoisotopic (exact) mass is 477 g/mol. The molecule has 0 radical (unpaired) electrons. The Morgan fingerprint density at radius 1 is 1.21 bits per heavy atom. The predicted octanol–water partition coefficient (Wildman–Crippen LogP) is 2.11. The molecule has 1 saturated heterocycles. The molecule has 2 aromatic carbocycles. The standard InChI is InChI=1S/C21H21F2N5O4S/c1-31-12-4-6-17(32-2)16(8-12)25-18(29)10-33-21-26-19-13(9-24-27-19)20(30)28(21)11-3-5-14(22)15(23)7-11/h3-8,13,19,24,27H,9-10H2,1-2H3,(H,25,29). The van der Waals surface area contributed by atoms with Crippen molar-refractivity contribution in [3.63, 3.8) is 0 Å². The van der Waals surface area contributed by atoms with Crippen LogP contribution in [-0.4, -0.2) is 49.7 Å². The maximum absolute atomic E-state index is 13.9. The Balaban J connectivity index is 1.54. The van der Waals surface area contributed by atoms with Crippen LogP contribution in [0.5, 0.6) is 11.5 Å². The van der Waals surface area contributed by atoms with Crippen molar-refractivity contribution in [1.82, 2.24) is 10.9 Å². The van der Waals surface area contributed by atoms with Crippen molar-refractivity contribution in [2.24, 2.45) is 10.9 Å². The van der Waals surface area contributed by atoms with Gasteiger partial charge in [-0.25, -0.2) is 19.2 Å². The van der Waals surface area contributed by atoms with E-state index in [1.165, 1.54) is 25.2 Å². The lowest BCUT2D eigenvalue weighted by molar-refractivity contribution is -0.121.